The van der Waals surface area contributed by atoms with Crippen LogP contribution in [0.2, 0.25) is 5.15 Å². The van der Waals surface area contributed by atoms with Gasteiger partial charge in [-0.05, 0) is 42.2 Å². The van der Waals surface area contributed by atoms with Gasteiger partial charge in [-0.1, -0.05) is 75.6 Å². The molecule has 24 heavy (non-hydrogen) atoms. The van der Waals surface area contributed by atoms with Crippen molar-refractivity contribution in [1.82, 2.24) is 4.98 Å². The van der Waals surface area contributed by atoms with E-state index in [1.807, 2.05) is 18.2 Å². The molecule has 2 rings (SSSR count). The second kappa shape index (κ2) is 10.5. The zero-order valence-corrected chi connectivity index (χ0v) is 15.3. The molecule has 2 aromatic rings. The molecule has 0 aliphatic carbocycles. The number of hydrogen-bond acceptors (Lipinski definition) is 1. The molecule has 0 saturated heterocycles. The largest absolute Gasteiger partial charge is 0.244 e. The van der Waals surface area contributed by atoms with E-state index in [9.17, 15) is 4.39 Å². The van der Waals surface area contributed by atoms with Gasteiger partial charge in [-0.3, -0.25) is 0 Å². The van der Waals surface area contributed by atoms with Gasteiger partial charge in [0.2, 0.25) is 0 Å². The van der Waals surface area contributed by atoms with Gasteiger partial charge in [0, 0.05) is 11.8 Å². The maximum Gasteiger partial charge on any atom is 0.129 e. The molecule has 0 radical (unpaired) electrons. The molecule has 1 aromatic carbocycles. The zero-order valence-electron chi connectivity index (χ0n) is 14.5. The number of aromatic nitrogens is 1. The molecule has 0 aliphatic rings. The second-order valence-electron chi connectivity index (χ2n) is 6.40. The summed E-state index contributed by atoms with van der Waals surface area (Å²) in [7, 11) is 0. The Morgan fingerprint density at radius 3 is 2.17 bits per heavy atom. The molecule has 0 atom stereocenters. The summed E-state index contributed by atoms with van der Waals surface area (Å²) in [4.78, 5) is 4.05. The molecule has 1 nitrogen and oxygen atoms in total. The van der Waals surface area contributed by atoms with E-state index < -0.39 is 0 Å². The third kappa shape index (κ3) is 6.24. The lowest BCUT2D eigenvalue weighted by Gasteiger charge is -2.07. The van der Waals surface area contributed by atoms with Crippen molar-refractivity contribution in [1.29, 1.82) is 0 Å². The van der Waals surface area contributed by atoms with Gasteiger partial charge < -0.3 is 0 Å². The van der Waals surface area contributed by atoms with Gasteiger partial charge in [0.15, 0.2) is 0 Å². The van der Waals surface area contributed by atoms with Crippen molar-refractivity contribution < 1.29 is 4.39 Å². The first-order chi connectivity index (χ1) is 11.7. The zero-order chi connectivity index (χ0) is 17.2. The number of hydrogen-bond donors (Lipinski definition) is 0. The van der Waals surface area contributed by atoms with Crippen LogP contribution in [0.4, 0.5) is 4.39 Å². The summed E-state index contributed by atoms with van der Waals surface area (Å²) in [6.45, 7) is 2.24. The predicted octanol–water partition coefficient (Wildman–Crippen LogP) is 7.22. The molecule has 0 unspecified atom stereocenters. The Bertz CT molecular complexity index is 610. The quantitative estimate of drug-likeness (QED) is 0.326. The van der Waals surface area contributed by atoms with E-state index in [1.54, 1.807) is 18.3 Å². The highest BCUT2D eigenvalue weighted by molar-refractivity contribution is 6.29. The Balaban J connectivity index is 1.77. The number of rotatable bonds is 10. The molecule has 130 valence electrons. The predicted molar refractivity (Wildman–Crippen MR) is 101 cm³/mol. The summed E-state index contributed by atoms with van der Waals surface area (Å²) < 4.78 is 14.3. The maximum absolute atomic E-state index is 14.3. The highest BCUT2D eigenvalue weighted by Gasteiger charge is 2.06. The highest BCUT2D eigenvalue weighted by Crippen LogP contribution is 2.23. The van der Waals surface area contributed by atoms with E-state index in [2.05, 4.69) is 11.9 Å². The number of aryl methyl sites for hydroxylation is 1. The summed E-state index contributed by atoms with van der Waals surface area (Å²) in [5.41, 5.74) is 2.54. The average molecular weight is 348 g/mol. The van der Waals surface area contributed by atoms with Crippen LogP contribution in [0, 0.1) is 5.82 Å². The summed E-state index contributed by atoms with van der Waals surface area (Å²) in [6.07, 6.45) is 12.7. The third-order valence-corrected chi connectivity index (χ3v) is 4.64. The lowest BCUT2D eigenvalue weighted by atomic mass is 10.0. The van der Waals surface area contributed by atoms with Crippen molar-refractivity contribution in [3.8, 4) is 11.1 Å². The Kier molecular flexibility index (Phi) is 8.24. The van der Waals surface area contributed by atoms with E-state index in [4.69, 9.17) is 11.6 Å². The van der Waals surface area contributed by atoms with Gasteiger partial charge in [-0.25, -0.2) is 9.37 Å². The van der Waals surface area contributed by atoms with Crippen molar-refractivity contribution in [2.24, 2.45) is 0 Å². The van der Waals surface area contributed by atoms with Crippen LogP contribution in [0.25, 0.3) is 11.1 Å². The first-order valence-corrected chi connectivity index (χ1v) is 9.49. The van der Waals surface area contributed by atoms with Crippen LogP contribution >= 0.6 is 11.6 Å². The van der Waals surface area contributed by atoms with Crippen molar-refractivity contribution in [3.63, 3.8) is 0 Å². The molecule has 0 fully saturated rings. The summed E-state index contributed by atoms with van der Waals surface area (Å²) in [5, 5.41) is 0.450. The molecular weight excluding hydrogens is 321 g/mol. The molecule has 0 bridgehead atoms. The first-order valence-electron chi connectivity index (χ1n) is 9.11. The van der Waals surface area contributed by atoms with Crippen LogP contribution in [0.3, 0.4) is 0 Å². The number of nitrogens with zero attached hydrogens (tertiary/aromatic N) is 1. The first kappa shape index (κ1) is 18.9. The van der Waals surface area contributed by atoms with Gasteiger partial charge in [0.1, 0.15) is 11.0 Å². The molecule has 0 spiro atoms. The van der Waals surface area contributed by atoms with E-state index in [0.29, 0.717) is 5.15 Å². The summed E-state index contributed by atoms with van der Waals surface area (Å²) in [5.74, 6) is -0.120. The SMILES string of the molecule is CCCCCCCCCCc1ccc(-c2ccc(Cl)nc2)cc1F. The van der Waals surface area contributed by atoms with E-state index in [1.165, 1.54) is 44.9 Å². The van der Waals surface area contributed by atoms with Crippen LogP contribution in [0.5, 0.6) is 0 Å². The normalized spacial score (nSPS) is 11.0. The van der Waals surface area contributed by atoms with Gasteiger partial charge >= 0.3 is 0 Å². The molecular formula is C21H27ClFN. The van der Waals surface area contributed by atoms with Gasteiger partial charge in [-0.2, -0.15) is 0 Å². The van der Waals surface area contributed by atoms with Gasteiger partial charge in [0.25, 0.3) is 0 Å². The Morgan fingerprint density at radius 2 is 1.54 bits per heavy atom. The van der Waals surface area contributed by atoms with Crippen molar-refractivity contribution in [2.45, 2.75) is 64.7 Å². The monoisotopic (exact) mass is 347 g/mol. The standard InChI is InChI=1S/C21H27ClFN/c1-2-3-4-5-6-7-8-9-10-17-11-12-18(15-20(17)23)19-13-14-21(22)24-16-19/h11-16H,2-10H2,1H3. The fraction of sp³-hybridized carbons (Fsp3) is 0.476. The summed E-state index contributed by atoms with van der Waals surface area (Å²) >= 11 is 5.79. The third-order valence-electron chi connectivity index (χ3n) is 4.41. The van der Waals surface area contributed by atoms with Crippen LogP contribution in [-0.4, -0.2) is 4.98 Å². The lowest BCUT2D eigenvalue weighted by Crippen LogP contribution is -1.92. The highest BCUT2D eigenvalue weighted by atomic mass is 35.5. The van der Waals surface area contributed by atoms with Crippen LogP contribution in [0.15, 0.2) is 36.5 Å². The van der Waals surface area contributed by atoms with Crippen LogP contribution in [0.1, 0.15) is 63.9 Å². The van der Waals surface area contributed by atoms with Gasteiger partial charge in [-0.15, -0.1) is 0 Å². The molecule has 0 aliphatic heterocycles. The molecule has 0 saturated carbocycles. The minimum absolute atomic E-state index is 0.120. The Hall–Kier alpha value is -1.41. The number of unbranched alkanes of at least 4 members (excludes halogenated alkanes) is 7. The van der Waals surface area contributed by atoms with E-state index in [0.717, 1.165) is 29.5 Å². The summed E-state index contributed by atoms with van der Waals surface area (Å²) in [6, 6.07) is 9.06. The van der Waals surface area contributed by atoms with E-state index in [-0.39, 0.29) is 5.82 Å². The van der Waals surface area contributed by atoms with Crippen LogP contribution < -0.4 is 0 Å². The smallest absolute Gasteiger partial charge is 0.129 e. The second-order valence-corrected chi connectivity index (χ2v) is 6.79. The lowest BCUT2D eigenvalue weighted by molar-refractivity contribution is 0.564. The number of benzene rings is 1. The molecule has 0 N–H and O–H groups in total. The number of pyridine rings is 1. The molecule has 1 aromatic heterocycles. The van der Waals surface area contributed by atoms with Crippen molar-refractivity contribution >= 4 is 11.6 Å². The number of halogens is 2. The minimum atomic E-state index is -0.120. The van der Waals surface area contributed by atoms with Crippen molar-refractivity contribution in [3.05, 3.63) is 53.1 Å². The Morgan fingerprint density at radius 1 is 0.875 bits per heavy atom. The van der Waals surface area contributed by atoms with E-state index >= 15 is 0 Å². The molecule has 0 amide bonds. The minimum Gasteiger partial charge on any atom is -0.244 e. The molecule has 1 heterocycles. The Labute approximate surface area is 150 Å². The van der Waals surface area contributed by atoms with Gasteiger partial charge in [0.05, 0.1) is 0 Å². The fourth-order valence-corrected chi connectivity index (χ4v) is 3.04. The van der Waals surface area contributed by atoms with Crippen molar-refractivity contribution in [2.75, 3.05) is 0 Å². The topological polar surface area (TPSA) is 12.9 Å². The molecule has 3 heteroatoms. The fourth-order valence-electron chi connectivity index (χ4n) is 2.93. The van der Waals surface area contributed by atoms with Crippen LogP contribution in [-0.2, 0) is 6.42 Å². The maximum atomic E-state index is 14.3. The average Bonchev–Trinajstić information content (AvgIpc) is 2.59.